The fourth-order valence-electron chi connectivity index (χ4n) is 3.93. The molecule has 0 aliphatic carbocycles. The third-order valence-corrected chi connectivity index (χ3v) is 5.66. The number of carbonyl (C=O) groups is 1. The Morgan fingerprint density at radius 1 is 1.22 bits per heavy atom. The van der Waals surface area contributed by atoms with E-state index in [9.17, 15) is 9.18 Å². The summed E-state index contributed by atoms with van der Waals surface area (Å²) in [5.74, 6) is 2.24. The molecular formula is C25H27FN2O4. The Bertz CT molecular complexity index is 1060. The van der Waals surface area contributed by atoms with Crippen LogP contribution in [0.5, 0.6) is 11.5 Å². The Labute approximate surface area is 187 Å². The maximum absolute atomic E-state index is 13.1. The van der Waals surface area contributed by atoms with E-state index in [1.54, 1.807) is 30.3 Å². The molecule has 1 saturated heterocycles. The summed E-state index contributed by atoms with van der Waals surface area (Å²) < 4.78 is 30.1. The summed E-state index contributed by atoms with van der Waals surface area (Å²) in [6.45, 7) is 3.16. The van der Waals surface area contributed by atoms with Crippen LogP contribution in [0.2, 0.25) is 0 Å². The summed E-state index contributed by atoms with van der Waals surface area (Å²) in [6, 6.07) is 12.0. The van der Waals surface area contributed by atoms with Crippen molar-refractivity contribution < 1.29 is 23.1 Å². The third-order valence-electron chi connectivity index (χ3n) is 5.66. The van der Waals surface area contributed by atoms with E-state index in [4.69, 9.17) is 13.9 Å². The van der Waals surface area contributed by atoms with Crippen LogP contribution in [0.1, 0.15) is 41.5 Å². The normalized spacial score (nSPS) is 16.1. The first-order valence-corrected chi connectivity index (χ1v) is 10.8. The highest BCUT2D eigenvalue weighted by atomic mass is 19.1. The van der Waals surface area contributed by atoms with Crippen LogP contribution in [-0.2, 0) is 11.2 Å². The molecule has 0 bridgehead atoms. The quantitative estimate of drug-likeness (QED) is 0.543. The molecule has 6 nitrogen and oxygen atoms in total. The van der Waals surface area contributed by atoms with Crippen molar-refractivity contribution in [1.82, 2.24) is 9.88 Å². The lowest BCUT2D eigenvalue weighted by molar-refractivity contribution is -0.134. The number of aromatic nitrogens is 1. The molecule has 32 heavy (non-hydrogen) atoms. The molecule has 1 fully saturated rings. The van der Waals surface area contributed by atoms with Gasteiger partial charge in [0.2, 0.25) is 0 Å². The van der Waals surface area contributed by atoms with Gasteiger partial charge in [0.1, 0.15) is 11.6 Å². The van der Waals surface area contributed by atoms with Gasteiger partial charge in [-0.2, -0.15) is 0 Å². The topological polar surface area (TPSA) is 64.8 Å². The summed E-state index contributed by atoms with van der Waals surface area (Å²) in [4.78, 5) is 19.0. The van der Waals surface area contributed by atoms with Gasteiger partial charge in [0, 0.05) is 19.5 Å². The Morgan fingerprint density at radius 2 is 2.03 bits per heavy atom. The Kier molecular flexibility index (Phi) is 6.73. The number of methoxy groups -OCH3 is 1. The smallest absolute Gasteiger partial charge is 0.260 e. The van der Waals surface area contributed by atoms with E-state index in [0.717, 1.165) is 29.7 Å². The Balaban J connectivity index is 1.34. The number of amides is 1. The largest absolute Gasteiger partial charge is 0.493 e. The highest BCUT2D eigenvalue weighted by Gasteiger charge is 2.28. The molecule has 0 spiro atoms. The van der Waals surface area contributed by atoms with Gasteiger partial charge in [-0.3, -0.25) is 4.79 Å². The van der Waals surface area contributed by atoms with Crippen LogP contribution in [0.3, 0.4) is 0 Å². The molecule has 7 heteroatoms. The molecule has 2 aromatic carbocycles. The monoisotopic (exact) mass is 438 g/mol. The zero-order chi connectivity index (χ0) is 22.5. The van der Waals surface area contributed by atoms with Gasteiger partial charge in [-0.05, 0) is 55.2 Å². The van der Waals surface area contributed by atoms with E-state index in [2.05, 4.69) is 4.98 Å². The molecule has 1 aromatic heterocycles. The predicted octanol–water partition coefficient (Wildman–Crippen LogP) is 4.51. The summed E-state index contributed by atoms with van der Waals surface area (Å²) in [5, 5.41) is 0. The van der Waals surface area contributed by atoms with E-state index in [-0.39, 0.29) is 24.2 Å². The second kappa shape index (κ2) is 9.85. The van der Waals surface area contributed by atoms with Crippen molar-refractivity contribution in [3.8, 4) is 11.5 Å². The summed E-state index contributed by atoms with van der Waals surface area (Å²) in [7, 11) is 1.58. The summed E-state index contributed by atoms with van der Waals surface area (Å²) in [5.41, 5.74) is 2.02. The van der Waals surface area contributed by atoms with Gasteiger partial charge in [0.05, 0.1) is 19.2 Å². The molecular weight excluding hydrogens is 411 g/mol. The number of aryl methyl sites for hydroxylation is 1. The lowest BCUT2D eigenvalue weighted by Gasteiger charge is -2.31. The molecule has 1 aliphatic heterocycles. The molecule has 1 aliphatic rings. The molecule has 4 rings (SSSR count). The van der Waals surface area contributed by atoms with Crippen LogP contribution in [0, 0.1) is 12.7 Å². The van der Waals surface area contributed by atoms with E-state index in [1.165, 1.54) is 12.1 Å². The average molecular weight is 438 g/mol. The second-order valence-electron chi connectivity index (χ2n) is 8.09. The van der Waals surface area contributed by atoms with E-state index >= 15 is 0 Å². The molecule has 1 amide bonds. The summed E-state index contributed by atoms with van der Waals surface area (Å²) >= 11 is 0. The number of halogens is 1. The van der Waals surface area contributed by atoms with Gasteiger partial charge in [-0.1, -0.05) is 18.2 Å². The average Bonchev–Trinajstić information content (AvgIpc) is 3.28. The highest BCUT2D eigenvalue weighted by Crippen LogP contribution is 2.29. The zero-order valence-electron chi connectivity index (χ0n) is 18.3. The van der Waals surface area contributed by atoms with E-state index < -0.39 is 0 Å². The van der Waals surface area contributed by atoms with Crippen molar-refractivity contribution in [1.29, 1.82) is 0 Å². The van der Waals surface area contributed by atoms with Crippen molar-refractivity contribution in [2.75, 3.05) is 26.8 Å². The maximum atomic E-state index is 13.1. The number of benzene rings is 2. The lowest BCUT2D eigenvalue weighted by Crippen LogP contribution is -2.41. The fraction of sp³-hybridized carbons (Fsp3) is 0.360. The molecule has 3 aromatic rings. The number of carbonyl (C=O) groups excluding carboxylic acids is 1. The number of oxazole rings is 1. The second-order valence-corrected chi connectivity index (χ2v) is 8.09. The van der Waals surface area contributed by atoms with E-state index in [1.807, 2.05) is 25.1 Å². The van der Waals surface area contributed by atoms with Crippen LogP contribution in [0.4, 0.5) is 4.39 Å². The van der Waals surface area contributed by atoms with Gasteiger partial charge in [-0.25, -0.2) is 9.37 Å². The molecule has 1 unspecified atom stereocenters. The minimum absolute atomic E-state index is 0.0450. The molecule has 0 N–H and O–H groups in total. The highest BCUT2D eigenvalue weighted by molar-refractivity contribution is 5.78. The molecule has 2 heterocycles. The first-order valence-electron chi connectivity index (χ1n) is 10.8. The van der Waals surface area contributed by atoms with Crippen molar-refractivity contribution in [3.05, 3.63) is 77.3 Å². The van der Waals surface area contributed by atoms with E-state index in [0.29, 0.717) is 36.9 Å². The Hall–Kier alpha value is -3.35. The van der Waals surface area contributed by atoms with Gasteiger partial charge < -0.3 is 18.8 Å². The lowest BCUT2D eigenvalue weighted by atomic mass is 9.98. The number of hydrogen-bond donors (Lipinski definition) is 0. The van der Waals surface area contributed by atoms with Crippen molar-refractivity contribution in [3.63, 3.8) is 0 Å². The number of piperidine rings is 1. The van der Waals surface area contributed by atoms with Gasteiger partial charge in [-0.15, -0.1) is 0 Å². The number of hydrogen-bond acceptors (Lipinski definition) is 5. The molecule has 0 saturated carbocycles. The third kappa shape index (κ3) is 5.28. The summed E-state index contributed by atoms with van der Waals surface area (Å²) in [6.07, 6.45) is 4.05. The number of likely N-dealkylation sites (tertiary alicyclic amines) is 1. The van der Waals surface area contributed by atoms with Gasteiger partial charge in [0.25, 0.3) is 5.91 Å². The van der Waals surface area contributed by atoms with Crippen molar-refractivity contribution >= 4 is 5.91 Å². The first kappa shape index (κ1) is 21.9. The van der Waals surface area contributed by atoms with Crippen molar-refractivity contribution in [2.24, 2.45) is 0 Å². The standard InChI is InChI=1S/C25H27FN2O4/c1-17-5-10-22(23(12-17)30-2)31-16-24(29)28-11-3-4-19(15-28)25-27-14-21(32-25)13-18-6-8-20(26)9-7-18/h5-10,12,14,19H,3-4,11,13,15-16H2,1-2H3. The van der Waals surface area contributed by atoms with Crippen LogP contribution < -0.4 is 9.47 Å². The Morgan fingerprint density at radius 3 is 2.81 bits per heavy atom. The van der Waals surface area contributed by atoms with Crippen LogP contribution in [0.15, 0.2) is 53.1 Å². The number of rotatable bonds is 7. The minimum atomic E-state index is -0.260. The van der Waals surface area contributed by atoms with Gasteiger partial charge in [0.15, 0.2) is 24.0 Å². The number of ether oxygens (including phenoxy) is 2. The van der Waals surface area contributed by atoms with Crippen LogP contribution in [-0.4, -0.2) is 42.6 Å². The predicted molar refractivity (Wildman–Crippen MR) is 117 cm³/mol. The molecule has 168 valence electrons. The maximum Gasteiger partial charge on any atom is 0.260 e. The first-order chi connectivity index (χ1) is 15.5. The minimum Gasteiger partial charge on any atom is -0.493 e. The van der Waals surface area contributed by atoms with Crippen LogP contribution >= 0.6 is 0 Å². The number of nitrogens with zero attached hydrogens (tertiary/aromatic N) is 2. The van der Waals surface area contributed by atoms with Gasteiger partial charge >= 0.3 is 0 Å². The van der Waals surface area contributed by atoms with Crippen molar-refractivity contribution in [2.45, 2.75) is 32.1 Å². The fourth-order valence-corrected chi connectivity index (χ4v) is 3.93. The molecule has 0 radical (unpaired) electrons. The van der Waals surface area contributed by atoms with Crippen LogP contribution in [0.25, 0.3) is 0 Å². The SMILES string of the molecule is COc1cc(C)ccc1OCC(=O)N1CCCC(c2ncc(Cc3ccc(F)cc3)o2)C1. The molecule has 1 atom stereocenters. The zero-order valence-corrected chi connectivity index (χ0v) is 18.3.